The van der Waals surface area contributed by atoms with Crippen molar-refractivity contribution < 1.29 is 19.1 Å². The Morgan fingerprint density at radius 2 is 1.67 bits per heavy atom. The molecule has 7 nitrogen and oxygen atoms in total. The highest BCUT2D eigenvalue weighted by molar-refractivity contribution is 6.12. The molecule has 0 unspecified atom stereocenters. The molecule has 0 aliphatic rings. The van der Waals surface area contributed by atoms with Gasteiger partial charge in [-0.1, -0.05) is 18.2 Å². The van der Waals surface area contributed by atoms with Gasteiger partial charge in [0.15, 0.2) is 0 Å². The average Bonchev–Trinajstić information content (AvgIpc) is 3.20. The summed E-state index contributed by atoms with van der Waals surface area (Å²) >= 11 is 0. The second-order valence-corrected chi connectivity index (χ2v) is 6.65. The van der Waals surface area contributed by atoms with Crippen molar-refractivity contribution in [2.45, 2.75) is 0 Å². The van der Waals surface area contributed by atoms with Crippen LogP contribution < -0.4 is 11.1 Å². The van der Waals surface area contributed by atoms with E-state index < -0.39 is 11.9 Å². The smallest absolute Gasteiger partial charge is 0.336 e. The first-order valence-corrected chi connectivity index (χ1v) is 9.04. The third-order valence-corrected chi connectivity index (χ3v) is 4.74. The first kappa shape index (κ1) is 18.9. The van der Waals surface area contributed by atoms with Gasteiger partial charge in [0.25, 0.3) is 5.91 Å². The summed E-state index contributed by atoms with van der Waals surface area (Å²) < 4.78 is 5.44. The maximum absolute atomic E-state index is 13.1. The summed E-state index contributed by atoms with van der Waals surface area (Å²) in [6.07, 6.45) is 1.51. The van der Waals surface area contributed by atoms with Crippen LogP contribution in [-0.4, -0.2) is 22.8 Å². The van der Waals surface area contributed by atoms with Gasteiger partial charge < -0.3 is 20.6 Å². The van der Waals surface area contributed by atoms with Gasteiger partial charge >= 0.3 is 5.97 Å². The number of nitrogens with one attached hydrogen (secondary N) is 2. The first-order valence-electron chi connectivity index (χ1n) is 9.04. The molecule has 0 atom stereocenters. The Labute approximate surface area is 171 Å². The molecule has 4 aromatic rings. The number of anilines is 1. The van der Waals surface area contributed by atoms with E-state index in [9.17, 15) is 14.7 Å². The standard InChI is InChI=1S/C23H17N3O4/c24-21(25)13-5-7-15(8-6-13)26-22(27)19-12-20-14(9-10-30-20)11-18(19)16-3-1-2-4-17(16)23(28)29/h1-12H,(H3,24,25)(H,26,27)(H,28,29). The molecule has 4 rings (SSSR count). The van der Waals surface area contributed by atoms with Gasteiger partial charge in [-0.05, 0) is 59.7 Å². The summed E-state index contributed by atoms with van der Waals surface area (Å²) in [6.45, 7) is 0. The quantitative estimate of drug-likeness (QED) is 0.293. The molecule has 1 aromatic heterocycles. The molecule has 148 valence electrons. The summed E-state index contributed by atoms with van der Waals surface area (Å²) in [4.78, 5) is 24.8. The highest BCUT2D eigenvalue weighted by atomic mass is 16.4. The van der Waals surface area contributed by atoms with Crippen LogP contribution in [0.2, 0.25) is 0 Å². The zero-order valence-electron chi connectivity index (χ0n) is 15.7. The maximum Gasteiger partial charge on any atom is 0.336 e. The monoisotopic (exact) mass is 399 g/mol. The highest BCUT2D eigenvalue weighted by Crippen LogP contribution is 2.32. The zero-order chi connectivity index (χ0) is 21.3. The molecule has 30 heavy (non-hydrogen) atoms. The van der Waals surface area contributed by atoms with Crippen LogP contribution in [0.1, 0.15) is 26.3 Å². The number of aromatic carboxylic acids is 1. The minimum Gasteiger partial charge on any atom is -0.478 e. The van der Waals surface area contributed by atoms with E-state index in [0.717, 1.165) is 5.39 Å². The molecule has 3 aromatic carbocycles. The lowest BCUT2D eigenvalue weighted by atomic mass is 9.93. The fraction of sp³-hybridized carbons (Fsp3) is 0. The van der Waals surface area contributed by atoms with Gasteiger partial charge in [0.1, 0.15) is 11.4 Å². The van der Waals surface area contributed by atoms with Gasteiger partial charge in [-0.2, -0.15) is 0 Å². The first-order chi connectivity index (χ1) is 14.4. The molecule has 0 saturated heterocycles. The highest BCUT2D eigenvalue weighted by Gasteiger charge is 2.20. The predicted octanol–water partition coefficient (Wildman–Crippen LogP) is 4.33. The number of benzene rings is 3. The van der Waals surface area contributed by atoms with Crippen molar-refractivity contribution >= 4 is 34.4 Å². The van der Waals surface area contributed by atoms with Crippen molar-refractivity contribution in [3.8, 4) is 11.1 Å². The topological polar surface area (TPSA) is 129 Å². The van der Waals surface area contributed by atoms with Crippen molar-refractivity contribution in [3.63, 3.8) is 0 Å². The molecule has 7 heteroatoms. The Morgan fingerprint density at radius 3 is 2.37 bits per heavy atom. The molecule has 1 amide bonds. The molecular formula is C23H17N3O4. The minimum atomic E-state index is -1.08. The Balaban J connectivity index is 1.80. The van der Waals surface area contributed by atoms with Gasteiger partial charge in [0.2, 0.25) is 0 Å². The summed E-state index contributed by atoms with van der Waals surface area (Å²) in [6, 6.07) is 18.2. The molecule has 5 N–H and O–H groups in total. The number of furan rings is 1. The molecule has 1 heterocycles. The van der Waals surface area contributed by atoms with E-state index in [1.165, 1.54) is 12.3 Å². The normalized spacial score (nSPS) is 10.7. The van der Waals surface area contributed by atoms with Crippen molar-refractivity contribution in [1.29, 1.82) is 5.41 Å². The Kier molecular flexibility index (Phi) is 4.77. The van der Waals surface area contributed by atoms with Crippen molar-refractivity contribution in [2.24, 2.45) is 5.73 Å². The number of rotatable bonds is 5. The molecule has 0 fully saturated rings. The van der Waals surface area contributed by atoms with Crippen molar-refractivity contribution in [2.75, 3.05) is 5.32 Å². The third-order valence-electron chi connectivity index (χ3n) is 4.74. The van der Waals surface area contributed by atoms with Crippen molar-refractivity contribution in [1.82, 2.24) is 0 Å². The Bertz CT molecular complexity index is 1290. The van der Waals surface area contributed by atoms with E-state index in [2.05, 4.69) is 5.32 Å². The number of carboxylic acid groups (broad SMARTS) is 1. The van der Waals surface area contributed by atoms with E-state index >= 15 is 0 Å². The second kappa shape index (κ2) is 7.56. The van der Waals surface area contributed by atoms with Crippen LogP contribution in [0, 0.1) is 5.41 Å². The van der Waals surface area contributed by atoms with Crippen LogP contribution in [0.15, 0.2) is 77.4 Å². The number of hydrogen-bond donors (Lipinski definition) is 4. The third kappa shape index (κ3) is 3.51. The molecule has 0 saturated carbocycles. The second-order valence-electron chi connectivity index (χ2n) is 6.65. The molecule has 0 radical (unpaired) electrons. The molecule has 0 aliphatic heterocycles. The fourth-order valence-electron chi connectivity index (χ4n) is 3.26. The minimum absolute atomic E-state index is 0.0660. The summed E-state index contributed by atoms with van der Waals surface area (Å²) in [5.74, 6) is -1.56. The van der Waals surface area contributed by atoms with Crippen LogP contribution in [0.5, 0.6) is 0 Å². The van der Waals surface area contributed by atoms with Gasteiger partial charge in [0.05, 0.1) is 17.4 Å². The molecule has 0 spiro atoms. The van der Waals surface area contributed by atoms with Gasteiger partial charge in [-0.25, -0.2) is 4.79 Å². The van der Waals surface area contributed by atoms with Gasteiger partial charge in [-0.15, -0.1) is 0 Å². The number of fused-ring (bicyclic) bond motifs is 1. The Morgan fingerprint density at radius 1 is 0.933 bits per heavy atom. The Hall–Kier alpha value is -4.39. The zero-order valence-corrected chi connectivity index (χ0v) is 15.7. The average molecular weight is 399 g/mol. The van der Waals surface area contributed by atoms with E-state index in [4.69, 9.17) is 15.6 Å². The van der Waals surface area contributed by atoms with Crippen molar-refractivity contribution in [3.05, 3.63) is 89.7 Å². The van der Waals surface area contributed by atoms with Crippen LogP contribution in [0.3, 0.4) is 0 Å². The van der Waals surface area contributed by atoms with Crippen LogP contribution in [-0.2, 0) is 0 Å². The van der Waals surface area contributed by atoms with E-state index in [1.807, 2.05) is 0 Å². The van der Waals surface area contributed by atoms with E-state index in [-0.39, 0.29) is 17.0 Å². The molecule has 0 aliphatic carbocycles. The SMILES string of the molecule is N=C(N)c1ccc(NC(=O)c2cc3occc3cc2-c2ccccc2C(=O)O)cc1. The maximum atomic E-state index is 13.1. The van der Waals surface area contributed by atoms with Crippen LogP contribution in [0.25, 0.3) is 22.1 Å². The molecule has 0 bridgehead atoms. The summed E-state index contributed by atoms with van der Waals surface area (Å²) in [7, 11) is 0. The lowest BCUT2D eigenvalue weighted by Crippen LogP contribution is -2.15. The molecular weight excluding hydrogens is 382 g/mol. The van der Waals surface area contributed by atoms with E-state index in [1.54, 1.807) is 60.7 Å². The lowest BCUT2D eigenvalue weighted by Gasteiger charge is -2.13. The van der Waals surface area contributed by atoms with Crippen LogP contribution >= 0.6 is 0 Å². The number of carbonyl (C=O) groups is 2. The summed E-state index contributed by atoms with van der Waals surface area (Å²) in [5.41, 5.74) is 8.33. The number of nitrogen functional groups attached to an aromatic ring is 1. The number of hydrogen-bond acceptors (Lipinski definition) is 4. The largest absolute Gasteiger partial charge is 0.478 e. The number of nitrogens with two attached hydrogens (primary N) is 1. The van der Waals surface area contributed by atoms with Crippen LogP contribution in [0.4, 0.5) is 5.69 Å². The number of amidine groups is 1. The van der Waals surface area contributed by atoms with Gasteiger partial charge in [-0.3, -0.25) is 10.2 Å². The fourth-order valence-corrected chi connectivity index (χ4v) is 3.26. The number of carbonyl (C=O) groups excluding carboxylic acids is 1. The lowest BCUT2D eigenvalue weighted by molar-refractivity contribution is 0.0697. The predicted molar refractivity (Wildman–Crippen MR) is 114 cm³/mol. The van der Waals surface area contributed by atoms with E-state index in [0.29, 0.717) is 28.0 Å². The van der Waals surface area contributed by atoms with Gasteiger partial charge in [0, 0.05) is 16.6 Å². The number of carboxylic acids is 1. The summed E-state index contributed by atoms with van der Waals surface area (Å²) in [5, 5.41) is 20.6. The number of amides is 1.